The van der Waals surface area contributed by atoms with Crippen molar-refractivity contribution in [3.63, 3.8) is 0 Å². The highest BCUT2D eigenvalue weighted by molar-refractivity contribution is 5.76. The Hall–Kier alpha value is -3.40. The molecule has 10 nitrogen and oxygen atoms in total. The Morgan fingerprint density at radius 1 is 1.23 bits per heavy atom. The Morgan fingerprint density at radius 3 is 2.72 bits per heavy atom. The third-order valence-electron chi connectivity index (χ3n) is 6.32. The van der Waals surface area contributed by atoms with Crippen molar-refractivity contribution in [3.8, 4) is 0 Å². The summed E-state index contributed by atoms with van der Waals surface area (Å²) in [6.45, 7) is 2.68. The molecule has 2 aliphatic heterocycles. The molecule has 214 valence electrons. The van der Waals surface area contributed by atoms with Crippen LogP contribution in [0.2, 0.25) is 0 Å². The van der Waals surface area contributed by atoms with E-state index in [1.165, 1.54) is 0 Å². The molecule has 2 aromatic rings. The Bertz CT molecular complexity index is 1240. The number of hydrogen-bond acceptors (Lipinski definition) is 8. The number of hydrogen-bond donors (Lipinski definition) is 2. The number of pyridine rings is 1. The Balaban J connectivity index is 1.26. The minimum Gasteiger partial charge on any atom is -0.379 e. The molecule has 0 spiro atoms. The molecule has 2 aliphatic rings. The van der Waals surface area contributed by atoms with E-state index in [1.54, 1.807) is 16.9 Å². The lowest BCUT2D eigenvalue weighted by Gasteiger charge is -2.41. The molecule has 0 aromatic carbocycles. The van der Waals surface area contributed by atoms with Gasteiger partial charge in [-0.3, -0.25) is 9.59 Å². The smallest absolute Gasteiger partial charge is 0.379 e. The van der Waals surface area contributed by atoms with Crippen LogP contribution in [0.4, 0.5) is 37.8 Å². The molecular weight excluding hydrogens is 538 g/mol. The lowest BCUT2D eigenvalue weighted by molar-refractivity contribution is -0.138. The van der Waals surface area contributed by atoms with Gasteiger partial charge in [0.2, 0.25) is 5.91 Å². The minimum atomic E-state index is -4.87. The number of alkyl halides is 6. The van der Waals surface area contributed by atoms with Crippen molar-refractivity contribution in [3.05, 3.63) is 45.5 Å². The summed E-state index contributed by atoms with van der Waals surface area (Å²) < 4.78 is 89.8. The lowest BCUT2D eigenvalue weighted by Crippen LogP contribution is -2.56. The summed E-state index contributed by atoms with van der Waals surface area (Å²) >= 11 is 0. The molecule has 2 atom stereocenters. The molecule has 4 rings (SSSR count). The molecule has 0 saturated carbocycles. The number of nitrogens with zero attached hydrogens (tertiary/aromatic N) is 4. The SMILES string of the molecule is C[C@@H](COCCC(=O)N1CCN2c3ncc(C(F)(F)F)cc3COC[C@@H]2C1)Nc1cn[nH]c(=O)c1C(F)(F)F. The first-order chi connectivity index (χ1) is 18.3. The predicted molar refractivity (Wildman–Crippen MR) is 125 cm³/mol. The number of aromatic amines is 1. The standard InChI is InChI=1S/C23H26F6N6O4/c1-13(32-17-8-31-33-21(37)19(17)23(27,28)29)10-38-5-2-18(36)34-3-4-35-16(9-34)12-39-11-14-6-15(22(24,25)26)7-30-20(14)35/h6-8,13,16H,2-5,9-12H2,1H3,(H2,32,33,37)/t13-,16-/m0/s1. The van der Waals surface area contributed by atoms with Crippen LogP contribution in [0.25, 0.3) is 0 Å². The fourth-order valence-corrected chi connectivity index (χ4v) is 4.51. The van der Waals surface area contributed by atoms with E-state index in [4.69, 9.17) is 9.47 Å². The molecule has 0 unspecified atom stereocenters. The number of nitrogens with one attached hydrogen (secondary N) is 2. The molecular formula is C23H26F6N6O4. The molecule has 0 aliphatic carbocycles. The zero-order chi connectivity index (χ0) is 28.4. The third kappa shape index (κ3) is 6.79. The van der Waals surface area contributed by atoms with Gasteiger partial charge in [0, 0.05) is 37.4 Å². The van der Waals surface area contributed by atoms with Crippen LogP contribution in [0.3, 0.4) is 0 Å². The fourth-order valence-electron chi connectivity index (χ4n) is 4.51. The van der Waals surface area contributed by atoms with Gasteiger partial charge in [-0.15, -0.1) is 0 Å². The molecule has 0 bridgehead atoms. The van der Waals surface area contributed by atoms with Gasteiger partial charge in [-0.2, -0.15) is 31.4 Å². The normalized spacial score (nSPS) is 18.7. The van der Waals surface area contributed by atoms with Crippen LogP contribution in [0.15, 0.2) is 23.3 Å². The van der Waals surface area contributed by atoms with E-state index in [1.807, 2.05) is 4.90 Å². The van der Waals surface area contributed by atoms with Gasteiger partial charge in [0.05, 0.1) is 56.3 Å². The van der Waals surface area contributed by atoms with Gasteiger partial charge in [0.25, 0.3) is 5.56 Å². The van der Waals surface area contributed by atoms with Gasteiger partial charge >= 0.3 is 12.4 Å². The van der Waals surface area contributed by atoms with Crippen molar-refractivity contribution in [2.24, 2.45) is 0 Å². The summed E-state index contributed by atoms with van der Waals surface area (Å²) in [4.78, 5) is 31.8. The van der Waals surface area contributed by atoms with E-state index in [9.17, 15) is 35.9 Å². The zero-order valence-electron chi connectivity index (χ0n) is 20.7. The van der Waals surface area contributed by atoms with E-state index < -0.39 is 40.8 Å². The molecule has 1 saturated heterocycles. The van der Waals surface area contributed by atoms with Gasteiger partial charge < -0.3 is 24.6 Å². The first-order valence-electron chi connectivity index (χ1n) is 12.0. The first kappa shape index (κ1) is 28.6. The van der Waals surface area contributed by atoms with Crippen LogP contribution >= 0.6 is 0 Å². The maximum atomic E-state index is 13.2. The molecule has 1 fully saturated rings. The van der Waals surface area contributed by atoms with Crippen LogP contribution in [0.5, 0.6) is 0 Å². The molecule has 2 aromatic heterocycles. The van der Waals surface area contributed by atoms with Crippen molar-refractivity contribution in [2.75, 3.05) is 49.7 Å². The van der Waals surface area contributed by atoms with Gasteiger partial charge in [0.15, 0.2) is 0 Å². The Morgan fingerprint density at radius 2 is 2.00 bits per heavy atom. The lowest BCUT2D eigenvalue weighted by atomic mass is 10.1. The number of amides is 1. The summed E-state index contributed by atoms with van der Waals surface area (Å²) in [6, 6.07) is 0.122. The summed E-state index contributed by atoms with van der Waals surface area (Å²) in [5, 5.41) is 7.70. The highest BCUT2D eigenvalue weighted by Gasteiger charge is 2.38. The highest BCUT2D eigenvalue weighted by Crippen LogP contribution is 2.34. The maximum absolute atomic E-state index is 13.2. The molecule has 0 radical (unpaired) electrons. The molecule has 4 heterocycles. The number of H-pyrrole nitrogens is 1. The minimum absolute atomic E-state index is 0.0105. The summed E-state index contributed by atoms with van der Waals surface area (Å²) in [6.07, 6.45) is -7.71. The third-order valence-corrected chi connectivity index (χ3v) is 6.32. The predicted octanol–water partition coefficient (Wildman–Crippen LogP) is 2.66. The number of ether oxygens (including phenoxy) is 2. The van der Waals surface area contributed by atoms with Crippen molar-refractivity contribution in [1.82, 2.24) is 20.1 Å². The number of aromatic nitrogens is 3. The monoisotopic (exact) mass is 564 g/mol. The average molecular weight is 564 g/mol. The second-order valence-electron chi connectivity index (χ2n) is 9.26. The highest BCUT2D eigenvalue weighted by atomic mass is 19.4. The number of fused-ring (bicyclic) bond motifs is 3. The summed E-state index contributed by atoms with van der Waals surface area (Å²) in [5.41, 5.74) is -3.75. The number of carbonyl (C=O) groups excluding carboxylic acids is 1. The van der Waals surface area contributed by atoms with Crippen molar-refractivity contribution in [2.45, 2.75) is 44.4 Å². The molecule has 1 amide bonds. The van der Waals surface area contributed by atoms with E-state index in [0.29, 0.717) is 24.5 Å². The van der Waals surface area contributed by atoms with Crippen molar-refractivity contribution in [1.29, 1.82) is 0 Å². The van der Waals surface area contributed by atoms with E-state index >= 15 is 0 Å². The Labute approximate surface area is 218 Å². The second-order valence-corrected chi connectivity index (χ2v) is 9.26. The average Bonchev–Trinajstić information content (AvgIpc) is 3.03. The number of halogens is 6. The molecule has 2 N–H and O–H groups in total. The van der Waals surface area contributed by atoms with E-state index in [2.05, 4.69) is 15.4 Å². The van der Waals surface area contributed by atoms with E-state index in [-0.39, 0.29) is 51.3 Å². The summed E-state index contributed by atoms with van der Waals surface area (Å²) in [7, 11) is 0. The molecule has 39 heavy (non-hydrogen) atoms. The van der Waals surface area contributed by atoms with E-state index in [0.717, 1.165) is 18.5 Å². The van der Waals surface area contributed by atoms with Gasteiger partial charge in [0.1, 0.15) is 11.4 Å². The topological polar surface area (TPSA) is 113 Å². The Kier molecular flexibility index (Phi) is 8.34. The van der Waals surface area contributed by atoms with Crippen LogP contribution < -0.4 is 15.8 Å². The number of piperazine rings is 1. The number of anilines is 2. The quantitative estimate of drug-likeness (QED) is 0.390. The van der Waals surface area contributed by atoms with Crippen molar-refractivity contribution < 1.29 is 40.6 Å². The van der Waals surface area contributed by atoms with Gasteiger partial charge in [-0.05, 0) is 13.0 Å². The largest absolute Gasteiger partial charge is 0.423 e. The number of rotatable bonds is 7. The van der Waals surface area contributed by atoms with Gasteiger partial charge in [-0.25, -0.2) is 10.1 Å². The summed E-state index contributed by atoms with van der Waals surface area (Å²) in [5.74, 6) is 0.199. The van der Waals surface area contributed by atoms with Crippen LogP contribution in [0, 0.1) is 0 Å². The van der Waals surface area contributed by atoms with Crippen LogP contribution in [-0.2, 0) is 33.2 Å². The zero-order valence-corrected chi connectivity index (χ0v) is 20.7. The maximum Gasteiger partial charge on any atom is 0.423 e. The first-order valence-corrected chi connectivity index (χ1v) is 12.0. The number of carbonyl (C=O) groups is 1. The van der Waals surface area contributed by atoms with Crippen molar-refractivity contribution >= 4 is 17.4 Å². The fraction of sp³-hybridized carbons (Fsp3) is 0.565. The van der Waals surface area contributed by atoms with Gasteiger partial charge in [-0.1, -0.05) is 0 Å². The van der Waals surface area contributed by atoms with Crippen LogP contribution in [-0.4, -0.2) is 77.5 Å². The molecule has 16 heteroatoms. The van der Waals surface area contributed by atoms with Crippen LogP contribution in [0.1, 0.15) is 30.0 Å². The second kappa shape index (κ2) is 11.4.